The molecular weight excluding hydrogens is 352 g/mol. The molecule has 2 aromatic rings. The Kier molecular flexibility index (Phi) is 6.05. The number of aryl methyl sites for hydroxylation is 1. The molecule has 0 saturated heterocycles. The molecule has 0 unspecified atom stereocenters. The van der Waals surface area contributed by atoms with Gasteiger partial charge in [0, 0.05) is 16.0 Å². The number of hydrazine groups is 1. The van der Waals surface area contributed by atoms with E-state index < -0.39 is 11.2 Å². The summed E-state index contributed by atoms with van der Waals surface area (Å²) in [7, 11) is 0. The van der Waals surface area contributed by atoms with Crippen molar-refractivity contribution < 1.29 is 14.0 Å². The van der Waals surface area contributed by atoms with Crippen molar-refractivity contribution in [3.05, 3.63) is 56.9 Å². The molecule has 0 fully saturated rings. The van der Waals surface area contributed by atoms with Gasteiger partial charge in [-0.05, 0) is 38.1 Å². The first-order valence-electron chi connectivity index (χ1n) is 6.95. The van der Waals surface area contributed by atoms with Crippen LogP contribution in [0.15, 0.2) is 44.4 Å². The second-order valence-corrected chi connectivity index (χ2v) is 6.38. The molecule has 0 spiro atoms. The summed E-state index contributed by atoms with van der Waals surface area (Å²) in [5.74, 6) is -0.389. The van der Waals surface area contributed by atoms with Crippen LogP contribution in [0.4, 0.5) is 5.88 Å². The van der Waals surface area contributed by atoms with Crippen LogP contribution in [0.1, 0.15) is 23.0 Å². The standard InChI is InChI=1S/C16H15ClN2O4S/c1-9-7-13(21)15(10(2)20)16(23-9)19-18-14(22)8-24-12-5-3-11(17)4-6-12/h3-7,19H,8H2,1-2H3,(H,18,22). The second-order valence-electron chi connectivity index (χ2n) is 4.90. The lowest BCUT2D eigenvalue weighted by Crippen LogP contribution is -2.32. The van der Waals surface area contributed by atoms with Gasteiger partial charge in [0.25, 0.3) is 0 Å². The summed E-state index contributed by atoms with van der Waals surface area (Å²) >= 11 is 7.11. The third-order valence-electron chi connectivity index (χ3n) is 2.92. The number of anilines is 1. The lowest BCUT2D eigenvalue weighted by atomic mass is 10.2. The maximum Gasteiger partial charge on any atom is 0.248 e. The van der Waals surface area contributed by atoms with Gasteiger partial charge < -0.3 is 4.42 Å². The van der Waals surface area contributed by atoms with Gasteiger partial charge in [-0.1, -0.05) is 11.6 Å². The van der Waals surface area contributed by atoms with Crippen LogP contribution < -0.4 is 16.3 Å². The summed E-state index contributed by atoms with van der Waals surface area (Å²) < 4.78 is 5.31. The van der Waals surface area contributed by atoms with Gasteiger partial charge >= 0.3 is 0 Å². The number of carbonyl (C=O) groups excluding carboxylic acids is 2. The largest absolute Gasteiger partial charge is 0.443 e. The predicted octanol–water partition coefficient (Wildman–Crippen LogP) is 3.04. The Morgan fingerprint density at radius 2 is 1.92 bits per heavy atom. The zero-order valence-corrected chi connectivity index (χ0v) is 14.6. The summed E-state index contributed by atoms with van der Waals surface area (Å²) in [6.07, 6.45) is 0. The van der Waals surface area contributed by atoms with Crippen molar-refractivity contribution in [1.29, 1.82) is 0 Å². The number of rotatable bonds is 6. The molecule has 0 atom stereocenters. The zero-order chi connectivity index (χ0) is 17.7. The molecule has 1 amide bonds. The van der Waals surface area contributed by atoms with Crippen LogP contribution in [0.3, 0.4) is 0 Å². The van der Waals surface area contributed by atoms with Crippen molar-refractivity contribution in [3.63, 3.8) is 0 Å². The van der Waals surface area contributed by atoms with E-state index in [1.54, 1.807) is 31.2 Å². The normalized spacial score (nSPS) is 10.3. The number of hydrogen-bond acceptors (Lipinski definition) is 6. The number of Topliss-reactive ketones (excluding diaryl/α,β-unsaturated/α-hetero) is 1. The molecule has 8 heteroatoms. The number of hydrogen-bond donors (Lipinski definition) is 2. The fourth-order valence-corrected chi connectivity index (χ4v) is 2.70. The average Bonchev–Trinajstić information content (AvgIpc) is 2.51. The Balaban J connectivity index is 1.98. The topological polar surface area (TPSA) is 88.4 Å². The third-order valence-corrected chi connectivity index (χ3v) is 4.19. The molecule has 0 radical (unpaired) electrons. The molecule has 1 aromatic heterocycles. The highest BCUT2D eigenvalue weighted by atomic mass is 35.5. The summed E-state index contributed by atoms with van der Waals surface area (Å²) in [6.45, 7) is 2.83. The lowest BCUT2D eigenvalue weighted by Gasteiger charge is -2.10. The molecule has 2 N–H and O–H groups in total. The van der Waals surface area contributed by atoms with Crippen LogP contribution >= 0.6 is 23.4 Å². The van der Waals surface area contributed by atoms with Gasteiger partial charge in [0.05, 0.1) is 5.75 Å². The molecule has 2 rings (SSSR count). The fourth-order valence-electron chi connectivity index (χ4n) is 1.87. The van der Waals surface area contributed by atoms with Crippen LogP contribution in [0, 0.1) is 6.92 Å². The monoisotopic (exact) mass is 366 g/mol. The SMILES string of the molecule is CC(=O)c1c(NNC(=O)CSc2ccc(Cl)cc2)oc(C)cc1=O. The van der Waals surface area contributed by atoms with Crippen molar-refractivity contribution in [1.82, 2.24) is 5.43 Å². The number of ketones is 1. The van der Waals surface area contributed by atoms with Gasteiger partial charge in [0.2, 0.25) is 11.8 Å². The number of nitrogens with one attached hydrogen (secondary N) is 2. The maximum atomic E-state index is 11.9. The van der Waals surface area contributed by atoms with Crippen molar-refractivity contribution in [2.24, 2.45) is 0 Å². The van der Waals surface area contributed by atoms with Crippen LogP contribution in [0.2, 0.25) is 5.02 Å². The van der Waals surface area contributed by atoms with Gasteiger partial charge in [-0.2, -0.15) is 0 Å². The van der Waals surface area contributed by atoms with Gasteiger partial charge in [-0.15, -0.1) is 11.8 Å². The number of amides is 1. The van der Waals surface area contributed by atoms with E-state index in [2.05, 4.69) is 10.9 Å². The Bertz CT molecular complexity index is 818. The van der Waals surface area contributed by atoms with Crippen LogP contribution in [0.5, 0.6) is 0 Å². The molecule has 1 aromatic carbocycles. The van der Waals surface area contributed by atoms with Crippen LogP contribution in [-0.4, -0.2) is 17.4 Å². The van der Waals surface area contributed by atoms with E-state index in [-0.39, 0.29) is 23.1 Å². The maximum absolute atomic E-state index is 11.9. The van der Waals surface area contributed by atoms with E-state index in [4.69, 9.17) is 16.0 Å². The number of carbonyl (C=O) groups is 2. The van der Waals surface area contributed by atoms with Gasteiger partial charge in [0.15, 0.2) is 11.2 Å². The summed E-state index contributed by atoms with van der Waals surface area (Å²) in [6, 6.07) is 8.31. The minimum atomic E-state index is -0.460. The molecule has 0 aliphatic rings. The van der Waals surface area contributed by atoms with E-state index in [1.165, 1.54) is 24.8 Å². The Labute approximate surface area is 147 Å². The van der Waals surface area contributed by atoms with E-state index >= 15 is 0 Å². The molecule has 0 saturated carbocycles. The number of halogens is 1. The van der Waals surface area contributed by atoms with Gasteiger partial charge in [-0.25, -0.2) is 0 Å². The molecule has 0 bridgehead atoms. The molecular formula is C16H15ClN2O4S. The molecule has 24 heavy (non-hydrogen) atoms. The molecule has 0 aliphatic carbocycles. The van der Waals surface area contributed by atoms with Crippen molar-refractivity contribution in [2.75, 3.05) is 11.2 Å². The average molecular weight is 367 g/mol. The van der Waals surface area contributed by atoms with E-state index in [9.17, 15) is 14.4 Å². The Morgan fingerprint density at radius 3 is 2.54 bits per heavy atom. The smallest absolute Gasteiger partial charge is 0.248 e. The predicted molar refractivity (Wildman–Crippen MR) is 93.7 cm³/mol. The van der Waals surface area contributed by atoms with E-state index in [1.807, 2.05) is 0 Å². The van der Waals surface area contributed by atoms with Crippen molar-refractivity contribution in [3.8, 4) is 0 Å². The first-order valence-corrected chi connectivity index (χ1v) is 8.32. The molecule has 126 valence electrons. The van der Waals surface area contributed by atoms with Crippen molar-refractivity contribution >= 4 is 40.9 Å². The molecule has 0 aliphatic heterocycles. The quantitative estimate of drug-likeness (QED) is 0.464. The fraction of sp³-hybridized carbons (Fsp3) is 0.188. The van der Waals surface area contributed by atoms with Crippen LogP contribution in [0.25, 0.3) is 0 Å². The first kappa shape index (κ1) is 18.1. The molecule has 6 nitrogen and oxygen atoms in total. The highest BCUT2D eigenvalue weighted by Crippen LogP contribution is 2.20. The highest BCUT2D eigenvalue weighted by Gasteiger charge is 2.16. The van der Waals surface area contributed by atoms with Crippen molar-refractivity contribution in [2.45, 2.75) is 18.7 Å². The third kappa shape index (κ3) is 4.87. The second kappa shape index (κ2) is 8.03. The van der Waals surface area contributed by atoms with Gasteiger partial charge in [-0.3, -0.25) is 25.2 Å². The van der Waals surface area contributed by atoms with E-state index in [0.29, 0.717) is 10.8 Å². The highest BCUT2D eigenvalue weighted by molar-refractivity contribution is 8.00. The summed E-state index contributed by atoms with van der Waals surface area (Å²) in [5, 5.41) is 0.622. The summed E-state index contributed by atoms with van der Waals surface area (Å²) in [4.78, 5) is 36.2. The van der Waals surface area contributed by atoms with Crippen LogP contribution in [-0.2, 0) is 4.79 Å². The minimum Gasteiger partial charge on any atom is -0.443 e. The first-order chi connectivity index (χ1) is 11.4. The lowest BCUT2D eigenvalue weighted by molar-refractivity contribution is -0.118. The van der Waals surface area contributed by atoms with E-state index in [0.717, 1.165) is 4.90 Å². The number of benzene rings is 1. The van der Waals surface area contributed by atoms with Gasteiger partial charge in [0.1, 0.15) is 11.3 Å². The Morgan fingerprint density at radius 1 is 1.25 bits per heavy atom. The number of thioether (sulfide) groups is 1. The summed E-state index contributed by atoms with van der Waals surface area (Å²) in [5.41, 5.74) is 4.32. The zero-order valence-electron chi connectivity index (χ0n) is 13.0. The minimum absolute atomic E-state index is 0.0719. The molecule has 1 heterocycles. The Hall–Kier alpha value is -2.25.